The van der Waals surface area contributed by atoms with Gasteiger partial charge in [0, 0.05) is 22.0 Å². The third kappa shape index (κ3) is 4.53. The molecule has 0 bridgehead atoms. The van der Waals surface area contributed by atoms with Crippen LogP contribution in [-0.2, 0) is 29.9 Å². The summed E-state index contributed by atoms with van der Waals surface area (Å²) in [4.78, 5) is 37.4. The Morgan fingerprint density at radius 1 is 1.15 bits per heavy atom. The zero-order chi connectivity index (χ0) is 24.5. The SMILES string of the molecule is C[C@@H](OC(=O)COc1ccccc1)[C@@]12CC(=O)N1C(C(=O)O)=C(Oc1ccc(S(C)=O)cc1)S2. The number of fused-ring (bicyclic) bond motifs is 1. The molecule has 0 spiro atoms. The van der Waals surface area contributed by atoms with Crippen LogP contribution in [0, 0.1) is 0 Å². The zero-order valence-electron chi connectivity index (χ0n) is 18.3. The molecule has 2 aliphatic rings. The average molecular weight is 504 g/mol. The van der Waals surface area contributed by atoms with Crippen molar-refractivity contribution in [1.82, 2.24) is 4.90 Å². The molecule has 0 aromatic heterocycles. The Kier molecular flexibility index (Phi) is 6.67. The van der Waals surface area contributed by atoms with Crippen LogP contribution in [0.5, 0.6) is 11.5 Å². The van der Waals surface area contributed by atoms with Crippen molar-refractivity contribution in [3.05, 3.63) is 65.4 Å². The number of para-hydroxylation sites is 1. The number of carboxylic acid groups (broad SMARTS) is 1. The molecule has 2 aliphatic heterocycles. The number of aliphatic carboxylic acids is 1. The lowest BCUT2D eigenvalue weighted by Crippen LogP contribution is -2.65. The fourth-order valence-corrected chi connectivity index (χ4v) is 5.59. The quantitative estimate of drug-likeness (QED) is 0.407. The standard InChI is InChI=1S/C23H21NO8S2/c1-14(31-19(26)13-30-15-6-4-3-5-7-15)23-12-18(25)24(23)20(21(27)28)22(33-23)32-16-8-10-17(11-9-16)34(2)29/h3-11,14H,12-13H2,1-2H3,(H,27,28)/t14-,23+,34?/m1/s1. The molecule has 0 radical (unpaired) electrons. The molecule has 0 saturated carbocycles. The summed E-state index contributed by atoms with van der Waals surface area (Å²) in [6.07, 6.45) is 0.674. The minimum absolute atomic E-state index is 0.00663. The Hall–Kier alpha value is -3.31. The van der Waals surface area contributed by atoms with Crippen LogP contribution in [0.15, 0.2) is 70.3 Å². The topological polar surface area (TPSA) is 119 Å². The van der Waals surface area contributed by atoms with E-state index < -0.39 is 39.6 Å². The summed E-state index contributed by atoms with van der Waals surface area (Å²) in [6.45, 7) is 1.26. The molecule has 9 nitrogen and oxygen atoms in total. The van der Waals surface area contributed by atoms with Crippen LogP contribution in [0.3, 0.4) is 0 Å². The lowest BCUT2D eigenvalue weighted by molar-refractivity contribution is -0.168. The third-order valence-corrected chi connectivity index (χ3v) is 7.74. The minimum atomic E-state index is -1.34. The smallest absolute Gasteiger partial charge is 0.357 e. The van der Waals surface area contributed by atoms with Crippen molar-refractivity contribution >= 4 is 40.4 Å². The number of amides is 1. The number of carboxylic acids is 1. The van der Waals surface area contributed by atoms with E-state index in [4.69, 9.17) is 14.2 Å². The molecule has 2 aromatic rings. The van der Waals surface area contributed by atoms with Gasteiger partial charge in [-0.2, -0.15) is 0 Å². The number of β-lactam (4-membered cyclic amide) rings is 1. The summed E-state index contributed by atoms with van der Waals surface area (Å²) in [5, 5.41) is 9.80. The highest BCUT2D eigenvalue weighted by Crippen LogP contribution is 2.57. The van der Waals surface area contributed by atoms with Crippen molar-refractivity contribution in [2.45, 2.75) is 29.2 Å². The van der Waals surface area contributed by atoms with Gasteiger partial charge in [0.25, 0.3) is 0 Å². The number of carbonyl (C=O) groups is 3. The predicted molar refractivity (Wildman–Crippen MR) is 123 cm³/mol. The zero-order valence-corrected chi connectivity index (χ0v) is 19.9. The van der Waals surface area contributed by atoms with E-state index in [1.807, 2.05) is 6.07 Å². The highest BCUT2D eigenvalue weighted by atomic mass is 32.2. The number of rotatable bonds is 9. The largest absolute Gasteiger partial charge is 0.482 e. The number of nitrogens with zero attached hydrogens (tertiary/aromatic N) is 1. The monoisotopic (exact) mass is 503 g/mol. The summed E-state index contributed by atoms with van der Waals surface area (Å²) in [6, 6.07) is 15.1. The van der Waals surface area contributed by atoms with Crippen molar-refractivity contribution < 1.29 is 37.9 Å². The van der Waals surface area contributed by atoms with Crippen LogP contribution < -0.4 is 9.47 Å². The minimum Gasteiger partial charge on any atom is -0.482 e. The molecular weight excluding hydrogens is 482 g/mol. The van der Waals surface area contributed by atoms with Gasteiger partial charge in [0.05, 0.1) is 6.42 Å². The molecule has 1 fully saturated rings. The van der Waals surface area contributed by atoms with Crippen LogP contribution in [0.25, 0.3) is 0 Å². The van der Waals surface area contributed by atoms with Crippen LogP contribution in [0.1, 0.15) is 13.3 Å². The Labute approximate surface area is 202 Å². The summed E-state index contributed by atoms with van der Waals surface area (Å²) < 4.78 is 28.3. The van der Waals surface area contributed by atoms with Gasteiger partial charge in [-0.3, -0.25) is 13.9 Å². The molecule has 3 atom stereocenters. The van der Waals surface area contributed by atoms with E-state index in [0.29, 0.717) is 16.4 Å². The van der Waals surface area contributed by atoms with E-state index in [9.17, 15) is 23.7 Å². The molecule has 1 N–H and O–H groups in total. The van der Waals surface area contributed by atoms with Crippen LogP contribution in [-0.4, -0.2) is 55.9 Å². The van der Waals surface area contributed by atoms with Crippen molar-refractivity contribution in [3.8, 4) is 11.5 Å². The molecule has 2 aromatic carbocycles. The number of hydrogen-bond donors (Lipinski definition) is 1. The Morgan fingerprint density at radius 3 is 2.41 bits per heavy atom. The predicted octanol–water partition coefficient (Wildman–Crippen LogP) is 2.74. The molecule has 2 heterocycles. The molecule has 4 rings (SSSR count). The average Bonchev–Trinajstić information content (AvgIpc) is 3.07. The van der Waals surface area contributed by atoms with Gasteiger partial charge in [0.1, 0.15) is 22.5 Å². The summed E-state index contributed by atoms with van der Waals surface area (Å²) in [5.41, 5.74) is -0.312. The van der Waals surface area contributed by atoms with E-state index >= 15 is 0 Å². The first-order valence-corrected chi connectivity index (χ1v) is 12.6. The van der Waals surface area contributed by atoms with Crippen LogP contribution in [0.4, 0.5) is 0 Å². The van der Waals surface area contributed by atoms with E-state index in [1.54, 1.807) is 61.7 Å². The van der Waals surface area contributed by atoms with Gasteiger partial charge in [0.15, 0.2) is 17.4 Å². The van der Waals surface area contributed by atoms with Crippen LogP contribution >= 0.6 is 11.8 Å². The maximum Gasteiger partial charge on any atom is 0.357 e. The summed E-state index contributed by atoms with van der Waals surface area (Å²) >= 11 is 1.02. The number of esters is 1. The Bertz CT molecular complexity index is 1180. The summed E-state index contributed by atoms with van der Waals surface area (Å²) in [5.74, 6) is -1.58. The molecule has 1 saturated heterocycles. The fourth-order valence-electron chi connectivity index (χ4n) is 3.64. The molecule has 34 heavy (non-hydrogen) atoms. The lowest BCUT2D eigenvalue weighted by Gasteiger charge is -2.48. The van der Waals surface area contributed by atoms with Crippen LogP contribution in [0.2, 0.25) is 0 Å². The van der Waals surface area contributed by atoms with E-state index in [0.717, 1.165) is 16.7 Å². The second-order valence-electron chi connectivity index (χ2n) is 7.56. The number of thioether (sulfide) groups is 1. The molecule has 178 valence electrons. The van der Waals surface area contributed by atoms with E-state index in [-0.39, 0.29) is 23.8 Å². The maximum absolute atomic E-state index is 12.4. The highest BCUT2D eigenvalue weighted by molar-refractivity contribution is 8.04. The molecular formula is C23H21NO8S2. The first-order chi connectivity index (χ1) is 16.2. The maximum atomic E-state index is 12.4. The molecule has 11 heteroatoms. The van der Waals surface area contributed by atoms with Gasteiger partial charge >= 0.3 is 11.9 Å². The summed E-state index contributed by atoms with van der Waals surface area (Å²) in [7, 11) is -1.17. The van der Waals surface area contributed by atoms with Crippen molar-refractivity contribution in [1.29, 1.82) is 0 Å². The normalized spacial score (nSPS) is 20.8. The first kappa shape index (κ1) is 23.8. The lowest BCUT2D eigenvalue weighted by atomic mass is 9.95. The second kappa shape index (κ2) is 9.51. The Balaban J connectivity index is 1.49. The second-order valence-corrected chi connectivity index (χ2v) is 10.2. The molecule has 1 unspecified atom stereocenters. The highest BCUT2D eigenvalue weighted by Gasteiger charge is 2.65. The third-order valence-electron chi connectivity index (χ3n) is 5.33. The van der Waals surface area contributed by atoms with Crippen molar-refractivity contribution in [3.63, 3.8) is 0 Å². The number of hydrogen-bond acceptors (Lipinski definition) is 8. The van der Waals surface area contributed by atoms with E-state index in [2.05, 4.69) is 0 Å². The van der Waals surface area contributed by atoms with Gasteiger partial charge in [-0.25, -0.2) is 9.59 Å². The van der Waals surface area contributed by atoms with Gasteiger partial charge in [-0.05, 0) is 43.3 Å². The van der Waals surface area contributed by atoms with Crippen molar-refractivity contribution in [2.75, 3.05) is 12.9 Å². The number of ether oxygens (including phenoxy) is 3. The van der Waals surface area contributed by atoms with Gasteiger partial charge < -0.3 is 19.3 Å². The Morgan fingerprint density at radius 2 is 1.82 bits per heavy atom. The van der Waals surface area contributed by atoms with Crippen molar-refractivity contribution in [2.24, 2.45) is 0 Å². The van der Waals surface area contributed by atoms with Gasteiger partial charge in [-0.1, -0.05) is 30.0 Å². The van der Waals surface area contributed by atoms with Gasteiger partial charge in [-0.15, -0.1) is 0 Å². The van der Waals surface area contributed by atoms with E-state index in [1.165, 1.54) is 0 Å². The number of benzene rings is 2. The molecule has 0 aliphatic carbocycles. The molecule has 1 amide bonds. The fraction of sp³-hybridized carbons (Fsp3) is 0.261. The van der Waals surface area contributed by atoms with Gasteiger partial charge in [0.2, 0.25) is 5.91 Å². The number of carbonyl (C=O) groups excluding carboxylic acids is 2. The first-order valence-electron chi connectivity index (χ1n) is 10.2.